The van der Waals surface area contributed by atoms with Gasteiger partial charge in [-0.1, -0.05) is 39.3 Å². The van der Waals surface area contributed by atoms with E-state index in [1.165, 1.54) is 0 Å². The number of carbonyl (C=O) groups is 2. The van der Waals surface area contributed by atoms with Crippen LogP contribution in [-0.4, -0.2) is 30.8 Å². The van der Waals surface area contributed by atoms with Crippen molar-refractivity contribution in [1.29, 1.82) is 0 Å². The number of nitrogens with zero attached hydrogens (tertiary/aromatic N) is 1. The zero-order valence-electron chi connectivity index (χ0n) is 16.7. The lowest BCUT2D eigenvalue weighted by atomic mass is 9.92. The Bertz CT molecular complexity index is 545. The van der Waals surface area contributed by atoms with Gasteiger partial charge in [-0.3, -0.25) is 0 Å². The molecule has 1 aromatic carbocycles. The number of carbonyl (C=O) groups excluding carboxylic acids is 2. The molecule has 0 saturated carbocycles. The maximum atomic E-state index is 11.9. The van der Waals surface area contributed by atoms with E-state index >= 15 is 0 Å². The summed E-state index contributed by atoms with van der Waals surface area (Å²) < 4.78 is 0. The summed E-state index contributed by atoms with van der Waals surface area (Å²) in [4.78, 5) is 23.7. The highest BCUT2D eigenvalue weighted by molar-refractivity contribution is 5.89. The standard InChI is InChI=1S/C14H22N2O.C7H12O/c1-5-6-7-16(4)14(17)15-13-9-11(2)8-12(3)10-13;1-4-5-7(2,3)6-8/h8-10H,5-7H2,1-4H3,(H,15,17);4,6H,1,5H2,2-3H3. The van der Waals surface area contributed by atoms with Crippen molar-refractivity contribution in [2.45, 2.75) is 53.9 Å². The molecule has 1 N–H and O–H groups in total. The molecule has 0 fully saturated rings. The van der Waals surface area contributed by atoms with Crippen LogP contribution in [0.2, 0.25) is 0 Å². The van der Waals surface area contributed by atoms with Gasteiger partial charge in [0.1, 0.15) is 6.29 Å². The first-order valence-electron chi connectivity index (χ1n) is 8.82. The predicted molar refractivity (Wildman–Crippen MR) is 107 cm³/mol. The number of anilines is 1. The lowest BCUT2D eigenvalue weighted by Gasteiger charge is -2.18. The van der Waals surface area contributed by atoms with Gasteiger partial charge in [-0.15, -0.1) is 6.58 Å². The molecule has 4 nitrogen and oxygen atoms in total. The summed E-state index contributed by atoms with van der Waals surface area (Å²) in [5.41, 5.74) is 2.99. The number of hydrogen-bond acceptors (Lipinski definition) is 2. The smallest absolute Gasteiger partial charge is 0.321 e. The maximum absolute atomic E-state index is 11.9. The molecule has 0 radical (unpaired) electrons. The van der Waals surface area contributed by atoms with E-state index in [-0.39, 0.29) is 11.4 Å². The summed E-state index contributed by atoms with van der Waals surface area (Å²) in [5.74, 6) is 0. The van der Waals surface area contributed by atoms with Gasteiger partial charge in [-0.2, -0.15) is 0 Å². The first-order chi connectivity index (χ1) is 11.6. The van der Waals surface area contributed by atoms with Crippen LogP contribution in [0.5, 0.6) is 0 Å². The average Bonchev–Trinajstić information content (AvgIpc) is 2.52. The number of amides is 2. The minimum atomic E-state index is -0.207. The summed E-state index contributed by atoms with van der Waals surface area (Å²) in [5, 5.41) is 2.92. The SMILES string of the molecule is C=CCC(C)(C)C=O.CCCCN(C)C(=O)Nc1cc(C)cc(C)c1. The number of hydrogen-bond donors (Lipinski definition) is 1. The quantitative estimate of drug-likeness (QED) is 0.534. The zero-order chi connectivity index (χ0) is 19.5. The first kappa shape index (κ1) is 22.9. The number of rotatable bonds is 7. The van der Waals surface area contributed by atoms with Gasteiger partial charge in [-0.25, -0.2) is 4.79 Å². The van der Waals surface area contributed by atoms with Crippen LogP contribution < -0.4 is 5.32 Å². The van der Waals surface area contributed by atoms with Gasteiger partial charge in [-0.05, 0) is 49.9 Å². The lowest BCUT2D eigenvalue weighted by Crippen LogP contribution is -2.32. The minimum absolute atomic E-state index is 0.0385. The first-order valence-corrected chi connectivity index (χ1v) is 8.82. The van der Waals surface area contributed by atoms with E-state index in [1.807, 2.05) is 46.9 Å². The summed E-state index contributed by atoms with van der Waals surface area (Å²) in [6.07, 6.45) is 5.61. The van der Waals surface area contributed by atoms with Crippen LogP contribution >= 0.6 is 0 Å². The number of aldehydes is 1. The molecule has 2 amide bonds. The third kappa shape index (κ3) is 10.4. The molecule has 1 aromatic rings. The summed E-state index contributed by atoms with van der Waals surface area (Å²) in [6, 6.07) is 6.02. The van der Waals surface area contributed by atoms with Crippen LogP contribution in [0, 0.1) is 19.3 Å². The Morgan fingerprint density at radius 1 is 1.24 bits per heavy atom. The molecule has 0 bridgehead atoms. The van der Waals surface area contributed by atoms with Crippen molar-refractivity contribution in [3.05, 3.63) is 42.0 Å². The Morgan fingerprint density at radius 3 is 2.20 bits per heavy atom. The molecular formula is C21H34N2O2. The van der Waals surface area contributed by atoms with Crippen LogP contribution in [0.1, 0.15) is 51.2 Å². The highest BCUT2D eigenvalue weighted by atomic mass is 16.2. The van der Waals surface area contributed by atoms with Gasteiger partial charge in [0, 0.05) is 24.7 Å². The Kier molecular flexibility index (Phi) is 10.5. The van der Waals surface area contributed by atoms with Crippen molar-refractivity contribution >= 4 is 18.0 Å². The van der Waals surface area contributed by atoms with Crippen molar-refractivity contribution in [2.75, 3.05) is 18.9 Å². The van der Waals surface area contributed by atoms with E-state index in [0.717, 1.165) is 48.9 Å². The Hall–Kier alpha value is -2.10. The van der Waals surface area contributed by atoms with Crippen molar-refractivity contribution in [3.8, 4) is 0 Å². The number of benzene rings is 1. The van der Waals surface area contributed by atoms with Crippen LogP contribution in [0.15, 0.2) is 30.9 Å². The normalized spacial score (nSPS) is 10.3. The highest BCUT2D eigenvalue weighted by Crippen LogP contribution is 2.16. The molecule has 0 atom stereocenters. The van der Waals surface area contributed by atoms with E-state index in [4.69, 9.17) is 0 Å². The van der Waals surface area contributed by atoms with E-state index in [0.29, 0.717) is 0 Å². The molecule has 4 heteroatoms. The highest BCUT2D eigenvalue weighted by Gasteiger charge is 2.12. The van der Waals surface area contributed by atoms with Crippen LogP contribution in [0.4, 0.5) is 10.5 Å². The van der Waals surface area contributed by atoms with Gasteiger partial charge >= 0.3 is 6.03 Å². The Labute approximate surface area is 153 Å². The predicted octanol–water partition coefficient (Wildman–Crippen LogP) is 5.35. The van der Waals surface area contributed by atoms with Crippen LogP contribution in [0.25, 0.3) is 0 Å². The monoisotopic (exact) mass is 346 g/mol. The van der Waals surface area contributed by atoms with Gasteiger partial charge in [0.05, 0.1) is 0 Å². The fourth-order valence-corrected chi connectivity index (χ4v) is 2.18. The van der Waals surface area contributed by atoms with Gasteiger partial charge in [0.25, 0.3) is 0 Å². The molecule has 0 spiro atoms. The lowest BCUT2D eigenvalue weighted by molar-refractivity contribution is -0.114. The molecule has 1 rings (SSSR count). The Balaban J connectivity index is 0.000000609. The summed E-state index contributed by atoms with van der Waals surface area (Å²) in [6.45, 7) is 14.3. The second-order valence-electron chi connectivity index (χ2n) is 7.18. The summed E-state index contributed by atoms with van der Waals surface area (Å²) in [7, 11) is 1.83. The number of urea groups is 1. The number of nitrogens with one attached hydrogen (secondary N) is 1. The van der Waals surface area contributed by atoms with Crippen LogP contribution in [-0.2, 0) is 4.79 Å². The number of allylic oxidation sites excluding steroid dienone is 1. The second-order valence-corrected chi connectivity index (χ2v) is 7.18. The molecule has 0 saturated heterocycles. The Morgan fingerprint density at radius 2 is 1.80 bits per heavy atom. The molecular weight excluding hydrogens is 312 g/mol. The summed E-state index contributed by atoms with van der Waals surface area (Å²) >= 11 is 0. The maximum Gasteiger partial charge on any atom is 0.321 e. The van der Waals surface area contributed by atoms with Crippen molar-refractivity contribution < 1.29 is 9.59 Å². The van der Waals surface area contributed by atoms with E-state index in [9.17, 15) is 9.59 Å². The third-order valence-electron chi connectivity index (χ3n) is 3.66. The second kappa shape index (κ2) is 11.5. The minimum Gasteiger partial charge on any atom is -0.328 e. The fourth-order valence-electron chi connectivity index (χ4n) is 2.18. The molecule has 0 heterocycles. The van der Waals surface area contributed by atoms with Gasteiger partial charge in [0.2, 0.25) is 0 Å². The van der Waals surface area contributed by atoms with Crippen molar-refractivity contribution in [3.63, 3.8) is 0 Å². The molecule has 140 valence electrons. The zero-order valence-corrected chi connectivity index (χ0v) is 16.7. The van der Waals surface area contributed by atoms with Gasteiger partial charge in [0.15, 0.2) is 0 Å². The van der Waals surface area contributed by atoms with E-state index < -0.39 is 0 Å². The molecule has 25 heavy (non-hydrogen) atoms. The third-order valence-corrected chi connectivity index (χ3v) is 3.66. The molecule has 0 aliphatic heterocycles. The molecule has 0 aliphatic carbocycles. The van der Waals surface area contributed by atoms with Crippen molar-refractivity contribution in [2.24, 2.45) is 5.41 Å². The number of aryl methyl sites for hydroxylation is 2. The average molecular weight is 347 g/mol. The van der Waals surface area contributed by atoms with Crippen molar-refractivity contribution in [1.82, 2.24) is 4.90 Å². The van der Waals surface area contributed by atoms with E-state index in [2.05, 4.69) is 24.9 Å². The molecule has 0 unspecified atom stereocenters. The molecule has 0 aliphatic rings. The number of unbranched alkanes of at least 4 members (excludes halogenated alkanes) is 1. The van der Waals surface area contributed by atoms with Gasteiger partial charge < -0.3 is 15.0 Å². The van der Waals surface area contributed by atoms with E-state index in [1.54, 1.807) is 11.0 Å². The van der Waals surface area contributed by atoms with Crippen LogP contribution in [0.3, 0.4) is 0 Å². The fraction of sp³-hybridized carbons (Fsp3) is 0.524. The largest absolute Gasteiger partial charge is 0.328 e. The topological polar surface area (TPSA) is 49.4 Å². The molecule has 0 aromatic heterocycles.